The molecule has 1 atom stereocenters. The average molecular weight is 396 g/mol. The number of rotatable bonds is 2. The van der Waals surface area contributed by atoms with Crippen molar-refractivity contribution in [1.29, 1.82) is 0 Å². The number of piperidine rings is 1. The number of fused-ring (bicyclic) bond motifs is 1. The Morgan fingerprint density at radius 1 is 1.29 bits per heavy atom. The quantitative estimate of drug-likeness (QED) is 0.835. The molecule has 152 valence electrons. The molecule has 7 heteroatoms. The van der Waals surface area contributed by atoms with Crippen molar-refractivity contribution in [2.75, 3.05) is 19.6 Å². The van der Waals surface area contributed by atoms with Crippen molar-refractivity contribution in [3.8, 4) is 0 Å². The summed E-state index contributed by atoms with van der Waals surface area (Å²) in [6, 6.07) is 1.74. The number of nitrogens with zero attached hydrogens (tertiary/aromatic N) is 3. The van der Waals surface area contributed by atoms with Crippen molar-refractivity contribution in [3.63, 3.8) is 0 Å². The zero-order chi connectivity index (χ0) is 27.4. The van der Waals surface area contributed by atoms with E-state index in [2.05, 4.69) is 10.3 Å². The summed E-state index contributed by atoms with van der Waals surface area (Å²) in [6.07, 6.45) is 4.13. The topological polar surface area (TPSA) is 74.8 Å². The van der Waals surface area contributed by atoms with E-state index < -0.39 is 32.2 Å². The molecule has 2 fully saturated rings. The summed E-state index contributed by atoms with van der Waals surface area (Å²) in [5.41, 5.74) is -1.63. The molecule has 1 unspecified atom stereocenters. The molecule has 1 spiro atoms. The van der Waals surface area contributed by atoms with Gasteiger partial charge in [0.25, 0.3) is 0 Å². The predicted molar refractivity (Wildman–Crippen MR) is 104 cm³/mol. The van der Waals surface area contributed by atoms with Crippen LogP contribution in [0, 0.1) is 11.3 Å². The van der Waals surface area contributed by atoms with Crippen molar-refractivity contribution in [3.05, 3.63) is 29.6 Å². The Bertz CT molecular complexity index is 988. The molecule has 1 saturated heterocycles. The van der Waals surface area contributed by atoms with E-state index in [1.807, 2.05) is 6.07 Å². The van der Waals surface area contributed by atoms with Crippen molar-refractivity contribution in [1.82, 2.24) is 20.1 Å². The Balaban J connectivity index is 1.30. The zero-order valence-corrected chi connectivity index (χ0v) is 15.5. The summed E-state index contributed by atoms with van der Waals surface area (Å²) in [6.45, 7) is -8.98. The van der Waals surface area contributed by atoms with Crippen LogP contribution >= 0.6 is 0 Å². The molecule has 4 rings (SSSR count). The van der Waals surface area contributed by atoms with Gasteiger partial charge in [0.2, 0.25) is 0 Å². The van der Waals surface area contributed by atoms with Crippen LogP contribution < -0.4 is 5.32 Å². The Hall–Kier alpha value is -2.31. The van der Waals surface area contributed by atoms with E-state index in [0.29, 0.717) is 32.5 Å². The maximum absolute atomic E-state index is 12.8. The minimum absolute atomic E-state index is 0.0862. The highest BCUT2D eigenvalue weighted by molar-refractivity contribution is 5.75. The normalized spacial score (nSPS) is 28.9. The van der Waals surface area contributed by atoms with Crippen molar-refractivity contribution in [2.24, 2.45) is 11.3 Å². The molecule has 1 aromatic rings. The fourth-order valence-electron chi connectivity index (χ4n) is 4.35. The number of ether oxygens (including phenoxy) is 1. The van der Waals surface area contributed by atoms with E-state index in [-0.39, 0.29) is 30.5 Å². The highest BCUT2D eigenvalue weighted by atomic mass is 16.6. The highest BCUT2D eigenvalue weighted by Crippen LogP contribution is 2.59. The summed E-state index contributed by atoms with van der Waals surface area (Å²) in [4.78, 5) is 32.4. The van der Waals surface area contributed by atoms with E-state index in [4.69, 9.17) is 17.1 Å². The largest absolute Gasteiger partial charge is 0.444 e. The molecule has 1 aliphatic carbocycles. The molecule has 7 nitrogen and oxygen atoms in total. The number of amides is 3. The third-order valence-corrected chi connectivity index (χ3v) is 6.13. The Morgan fingerprint density at radius 2 is 2.04 bits per heavy atom. The lowest BCUT2D eigenvalue weighted by atomic mass is 9.91. The lowest BCUT2D eigenvalue weighted by molar-refractivity contribution is 0.0165. The fourth-order valence-corrected chi connectivity index (χ4v) is 4.35. The van der Waals surface area contributed by atoms with Crippen LogP contribution in [0.2, 0.25) is 0 Å². The van der Waals surface area contributed by atoms with Crippen LogP contribution in [0.15, 0.2) is 18.5 Å². The van der Waals surface area contributed by atoms with E-state index >= 15 is 0 Å². The Morgan fingerprint density at radius 3 is 2.75 bits per heavy atom. The SMILES string of the molecule is [2H]C([2H])([2H])C(OC(=O)N1CCC2(CC1)CC2CNC(=O)N1Cc2ccncc2C1)(C([2H])([2H])[2H])C([2H])([2H])[2H]. The van der Waals surface area contributed by atoms with Gasteiger partial charge in [0, 0.05) is 57.5 Å². The molecule has 0 radical (unpaired) electrons. The van der Waals surface area contributed by atoms with Crippen molar-refractivity contribution in [2.45, 2.75) is 58.5 Å². The molecule has 3 aliphatic rings. The molecule has 0 aromatic carbocycles. The van der Waals surface area contributed by atoms with Crippen LogP contribution in [0.1, 0.15) is 63.3 Å². The van der Waals surface area contributed by atoms with Gasteiger partial charge in [-0.05, 0) is 68.3 Å². The molecular weight excluding hydrogens is 356 g/mol. The number of hydrogen-bond acceptors (Lipinski definition) is 4. The van der Waals surface area contributed by atoms with Gasteiger partial charge in [0.1, 0.15) is 5.60 Å². The standard InChI is InChI=1S/C21H30N4O3/c1-20(2,3)28-19(27)24-8-5-21(6-9-24)10-17(21)12-23-18(26)25-13-15-4-7-22-11-16(15)14-25/h4,7,11,17H,5-6,8-10,12-14H2,1-3H3,(H,23,26)/i1D3,2D3,3D3. The van der Waals surface area contributed by atoms with Gasteiger partial charge in [-0.1, -0.05) is 0 Å². The minimum Gasteiger partial charge on any atom is -0.444 e. The molecule has 1 aromatic heterocycles. The first-order valence-corrected chi connectivity index (χ1v) is 9.43. The number of hydrogen-bond donors (Lipinski definition) is 1. The van der Waals surface area contributed by atoms with Gasteiger partial charge >= 0.3 is 12.1 Å². The summed E-state index contributed by atoms with van der Waals surface area (Å²) in [5.74, 6) is 0.215. The molecule has 1 N–H and O–H groups in total. The summed E-state index contributed by atoms with van der Waals surface area (Å²) in [5, 5.41) is 2.98. The van der Waals surface area contributed by atoms with Crippen LogP contribution in [-0.4, -0.2) is 52.1 Å². The Labute approximate surface area is 179 Å². The van der Waals surface area contributed by atoms with Gasteiger partial charge in [-0.25, -0.2) is 9.59 Å². The zero-order valence-electron chi connectivity index (χ0n) is 24.5. The third kappa shape index (κ3) is 3.93. The first-order valence-electron chi connectivity index (χ1n) is 13.9. The maximum atomic E-state index is 12.8. The van der Waals surface area contributed by atoms with Gasteiger partial charge < -0.3 is 19.9 Å². The molecule has 1 saturated carbocycles. The third-order valence-electron chi connectivity index (χ3n) is 6.13. The van der Waals surface area contributed by atoms with Gasteiger partial charge in [0.05, 0.1) is 0 Å². The van der Waals surface area contributed by atoms with E-state index in [0.717, 1.165) is 22.4 Å². The molecule has 3 amide bonds. The molecule has 3 heterocycles. The predicted octanol–water partition coefficient (Wildman–Crippen LogP) is 3.14. The number of urea groups is 1. The second-order valence-electron chi connectivity index (χ2n) is 7.99. The van der Waals surface area contributed by atoms with Crippen LogP contribution in [0.4, 0.5) is 9.59 Å². The van der Waals surface area contributed by atoms with Crippen LogP contribution in [0.5, 0.6) is 0 Å². The fraction of sp³-hybridized carbons (Fsp3) is 0.667. The molecule has 0 bridgehead atoms. The number of pyridine rings is 1. The minimum atomic E-state index is -3.64. The summed E-state index contributed by atoms with van der Waals surface area (Å²) >= 11 is 0. The van der Waals surface area contributed by atoms with Crippen LogP contribution in [-0.2, 0) is 17.8 Å². The average Bonchev–Trinajstić information content (AvgIpc) is 3.24. The maximum Gasteiger partial charge on any atom is 0.410 e. The molecular formula is C21H30N4O3. The smallest absolute Gasteiger partial charge is 0.410 e. The second-order valence-corrected chi connectivity index (χ2v) is 7.99. The number of carbonyl (C=O) groups excluding carboxylic acids is 2. The second kappa shape index (κ2) is 6.94. The van der Waals surface area contributed by atoms with Gasteiger partial charge in [0.15, 0.2) is 0 Å². The van der Waals surface area contributed by atoms with E-state index in [9.17, 15) is 9.59 Å². The summed E-state index contributed by atoms with van der Waals surface area (Å²) in [7, 11) is 0. The van der Waals surface area contributed by atoms with Crippen molar-refractivity contribution < 1.29 is 26.7 Å². The highest BCUT2D eigenvalue weighted by Gasteiger charge is 2.55. The van der Waals surface area contributed by atoms with Crippen LogP contribution in [0.25, 0.3) is 0 Å². The summed E-state index contributed by atoms with van der Waals surface area (Å²) < 4.78 is 73.4. The van der Waals surface area contributed by atoms with Gasteiger partial charge in [-0.15, -0.1) is 0 Å². The van der Waals surface area contributed by atoms with E-state index in [1.165, 1.54) is 0 Å². The molecule has 2 aliphatic heterocycles. The van der Waals surface area contributed by atoms with Gasteiger partial charge in [-0.3, -0.25) is 4.98 Å². The molecule has 28 heavy (non-hydrogen) atoms. The lowest BCUT2D eigenvalue weighted by Gasteiger charge is -2.34. The first-order chi connectivity index (χ1) is 17.0. The number of nitrogens with one attached hydrogen (secondary N) is 1. The first kappa shape index (κ1) is 11.0. The number of carbonyl (C=O) groups is 2. The monoisotopic (exact) mass is 395 g/mol. The number of likely N-dealkylation sites (tertiary alicyclic amines) is 1. The van der Waals surface area contributed by atoms with Crippen LogP contribution in [0.3, 0.4) is 0 Å². The van der Waals surface area contributed by atoms with E-state index in [1.54, 1.807) is 17.3 Å². The lowest BCUT2D eigenvalue weighted by Crippen LogP contribution is -2.43. The van der Waals surface area contributed by atoms with Gasteiger partial charge in [-0.2, -0.15) is 0 Å². The number of aromatic nitrogens is 1. The van der Waals surface area contributed by atoms with Crippen molar-refractivity contribution >= 4 is 12.1 Å². The Kier molecular flexibility index (Phi) is 2.73.